The van der Waals surface area contributed by atoms with Crippen molar-refractivity contribution in [1.82, 2.24) is 20.4 Å². The molecular formula is C15H14N4O. The summed E-state index contributed by atoms with van der Waals surface area (Å²) < 4.78 is 5.35. The fourth-order valence-electron chi connectivity index (χ4n) is 2.24. The molecule has 1 fully saturated rings. The lowest BCUT2D eigenvalue weighted by atomic mass is 10.1. The minimum absolute atomic E-state index is 0.481. The summed E-state index contributed by atoms with van der Waals surface area (Å²) in [6.07, 6.45) is 4.26. The lowest BCUT2D eigenvalue weighted by Crippen LogP contribution is -2.16. The van der Waals surface area contributed by atoms with Crippen LogP contribution < -0.4 is 5.32 Å². The van der Waals surface area contributed by atoms with E-state index in [0.29, 0.717) is 24.3 Å². The Morgan fingerprint density at radius 3 is 3.00 bits per heavy atom. The first-order chi connectivity index (χ1) is 9.90. The van der Waals surface area contributed by atoms with Crippen molar-refractivity contribution < 1.29 is 4.52 Å². The van der Waals surface area contributed by atoms with Crippen molar-refractivity contribution in [3.05, 3.63) is 42.4 Å². The van der Waals surface area contributed by atoms with E-state index in [2.05, 4.69) is 20.4 Å². The molecule has 3 aromatic rings. The molecule has 0 spiro atoms. The fraction of sp³-hybridized carbons (Fsp3) is 0.267. The first kappa shape index (κ1) is 11.5. The molecule has 1 aliphatic carbocycles. The van der Waals surface area contributed by atoms with Gasteiger partial charge >= 0.3 is 0 Å². The average Bonchev–Trinajstić information content (AvgIpc) is 3.21. The predicted molar refractivity (Wildman–Crippen MR) is 74.9 cm³/mol. The van der Waals surface area contributed by atoms with E-state index >= 15 is 0 Å². The Morgan fingerprint density at radius 1 is 1.20 bits per heavy atom. The number of fused-ring (bicyclic) bond motifs is 1. The van der Waals surface area contributed by atoms with Gasteiger partial charge in [-0.3, -0.25) is 4.98 Å². The first-order valence-corrected chi connectivity index (χ1v) is 6.80. The molecule has 1 saturated carbocycles. The summed E-state index contributed by atoms with van der Waals surface area (Å²) in [5, 5.41) is 9.53. The first-order valence-electron chi connectivity index (χ1n) is 6.80. The third kappa shape index (κ3) is 2.16. The minimum atomic E-state index is 0.481. The number of pyridine rings is 1. The monoisotopic (exact) mass is 266 g/mol. The van der Waals surface area contributed by atoms with Crippen LogP contribution in [0.25, 0.3) is 22.4 Å². The van der Waals surface area contributed by atoms with Crippen LogP contribution in [0.4, 0.5) is 0 Å². The van der Waals surface area contributed by atoms with Crippen LogP contribution >= 0.6 is 0 Å². The van der Waals surface area contributed by atoms with E-state index in [4.69, 9.17) is 4.52 Å². The molecule has 1 aliphatic rings. The Kier molecular flexibility index (Phi) is 2.70. The van der Waals surface area contributed by atoms with Gasteiger partial charge in [0, 0.05) is 17.6 Å². The topological polar surface area (TPSA) is 63.8 Å². The molecule has 2 aromatic heterocycles. The maximum absolute atomic E-state index is 5.35. The lowest BCUT2D eigenvalue weighted by molar-refractivity contribution is 0.418. The quantitative estimate of drug-likeness (QED) is 0.786. The van der Waals surface area contributed by atoms with Crippen molar-refractivity contribution in [2.45, 2.75) is 25.4 Å². The number of aromatic nitrogens is 3. The standard InChI is InChI=1S/C15H14N4O/c1-2-4-12-10(3-1)7-8-16-14(12)15-18-13(19-20-15)9-17-11-5-6-11/h1-4,7-8,11,17H,5-6,9H2. The number of hydrogen-bond donors (Lipinski definition) is 1. The number of nitrogens with zero attached hydrogens (tertiary/aromatic N) is 3. The largest absolute Gasteiger partial charge is 0.332 e. The second-order valence-corrected chi connectivity index (χ2v) is 5.05. The maximum Gasteiger partial charge on any atom is 0.277 e. The number of rotatable bonds is 4. The van der Waals surface area contributed by atoms with Crippen LogP contribution in [0.1, 0.15) is 18.7 Å². The van der Waals surface area contributed by atoms with Crippen molar-refractivity contribution in [1.29, 1.82) is 0 Å². The van der Waals surface area contributed by atoms with Gasteiger partial charge < -0.3 is 9.84 Å². The second-order valence-electron chi connectivity index (χ2n) is 5.05. The fourth-order valence-corrected chi connectivity index (χ4v) is 2.24. The molecule has 1 N–H and O–H groups in total. The zero-order chi connectivity index (χ0) is 13.4. The van der Waals surface area contributed by atoms with Crippen molar-refractivity contribution in [3.63, 3.8) is 0 Å². The third-order valence-corrected chi connectivity index (χ3v) is 3.47. The zero-order valence-corrected chi connectivity index (χ0v) is 10.9. The van der Waals surface area contributed by atoms with Gasteiger partial charge in [0.25, 0.3) is 5.89 Å². The molecule has 0 atom stereocenters. The Bertz CT molecular complexity index is 743. The molecule has 0 unspecified atom stereocenters. The van der Waals surface area contributed by atoms with Crippen molar-refractivity contribution in [2.24, 2.45) is 0 Å². The SMILES string of the molecule is c1ccc2c(-c3nc(CNC4CC4)no3)nccc2c1. The molecule has 1 aromatic carbocycles. The van der Waals surface area contributed by atoms with Gasteiger partial charge in [0.05, 0.1) is 6.54 Å². The van der Waals surface area contributed by atoms with Gasteiger partial charge in [0.1, 0.15) is 5.69 Å². The Hall–Kier alpha value is -2.27. The molecule has 20 heavy (non-hydrogen) atoms. The third-order valence-electron chi connectivity index (χ3n) is 3.47. The van der Waals surface area contributed by atoms with Crippen molar-refractivity contribution in [2.75, 3.05) is 0 Å². The summed E-state index contributed by atoms with van der Waals surface area (Å²) >= 11 is 0. The van der Waals surface area contributed by atoms with Gasteiger partial charge in [-0.25, -0.2) is 0 Å². The van der Waals surface area contributed by atoms with Crippen LogP contribution in [0.2, 0.25) is 0 Å². The second kappa shape index (κ2) is 4.68. The highest BCUT2D eigenvalue weighted by molar-refractivity contribution is 5.92. The Labute approximate surface area is 116 Å². The summed E-state index contributed by atoms with van der Waals surface area (Å²) in [4.78, 5) is 8.81. The molecule has 2 heterocycles. The van der Waals surface area contributed by atoms with E-state index in [9.17, 15) is 0 Å². The van der Waals surface area contributed by atoms with Crippen LogP contribution in [0.15, 0.2) is 41.1 Å². The normalized spacial score (nSPS) is 14.8. The molecule has 4 rings (SSSR count). The maximum atomic E-state index is 5.35. The van der Waals surface area contributed by atoms with E-state index in [-0.39, 0.29) is 0 Å². The Balaban J connectivity index is 1.67. The molecule has 100 valence electrons. The zero-order valence-electron chi connectivity index (χ0n) is 10.9. The van der Waals surface area contributed by atoms with Gasteiger partial charge in [-0.15, -0.1) is 0 Å². The Morgan fingerprint density at radius 2 is 2.10 bits per heavy atom. The minimum Gasteiger partial charge on any atom is -0.332 e. The smallest absolute Gasteiger partial charge is 0.277 e. The molecule has 5 nitrogen and oxygen atoms in total. The van der Waals surface area contributed by atoms with Crippen LogP contribution in [-0.4, -0.2) is 21.2 Å². The lowest BCUT2D eigenvalue weighted by Gasteiger charge is -2.00. The summed E-state index contributed by atoms with van der Waals surface area (Å²) in [6.45, 7) is 0.652. The number of hydrogen-bond acceptors (Lipinski definition) is 5. The molecule has 0 aliphatic heterocycles. The van der Waals surface area contributed by atoms with E-state index in [0.717, 1.165) is 16.5 Å². The summed E-state index contributed by atoms with van der Waals surface area (Å²) in [6, 6.07) is 10.7. The van der Waals surface area contributed by atoms with Gasteiger partial charge in [-0.2, -0.15) is 4.98 Å². The van der Waals surface area contributed by atoms with E-state index in [1.54, 1.807) is 6.20 Å². The predicted octanol–water partition coefficient (Wildman–Crippen LogP) is 2.54. The van der Waals surface area contributed by atoms with Gasteiger partial charge in [0.2, 0.25) is 0 Å². The molecular weight excluding hydrogens is 252 g/mol. The van der Waals surface area contributed by atoms with Gasteiger partial charge in [-0.1, -0.05) is 29.4 Å². The van der Waals surface area contributed by atoms with E-state index in [1.165, 1.54) is 12.8 Å². The molecule has 0 radical (unpaired) electrons. The van der Waals surface area contributed by atoms with Crippen LogP contribution in [0.3, 0.4) is 0 Å². The molecule has 0 amide bonds. The number of nitrogens with one attached hydrogen (secondary N) is 1. The summed E-state index contributed by atoms with van der Waals surface area (Å²) in [5.41, 5.74) is 0.744. The highest BCUT2D eigenvalue weighted by Gasteiger charge is 2.21. The van der Waals surface area contributed by atoms with E-state index < -0.39 is 0 Å². The average molecular weight is 266 g/mol. The molecule has 0 saturated heterocycles. The molecule has 5 heteroatoms. The molecule has 0 bridgehead atoms. The van der Waals surface area contributed by atoms with Crippen LogP contribution in [0.5, 0.6) is 0 Å². The van der Waals surface area contributed by atoms with E-state index in [1.807, 2.05) is 30.3 Å². The van der Waals surface area contributed by atoms with Crippen LogP contribution in [0, 0.1) is 0 Å². The van der Waals surface area contributed by atoms with Gasteiger partial charge in [-0.05, 0) is 24.3 Å². The van der Waals surface area contributed by atoms with Crippen molar-refractivity contribution in [3.8, 4) is 11.6 Å². The van der Waals surface area contributed by atoms with Gasteiger partial charge in [0.15, 0.2) is 5.82 Å². The highest BCUT2D eigenvalue weighted by Crippen LogP contribution is 2.25. The summed E-state index contributed by atoms with van der Waals surface area (Å²) in [7, 11) is 0. The van der Waals surface area contributed by atoms with Crippen LogP contribution in [-0.2, 0) is 6.54 Å². The number of benzene rings is 1. The summed E-state index contributed by atoms with van der Waals surface area (Å²) in [5.74, 6) is 1.16. The van der Waals surface area contributed by atoms with Crippen molar-refractivity contribution >= 4 is 10.8 Å². The highest BCUT2D eigenvalue weighted by atomic mass is 16.5.